The van der Waals surface area contributed by atoms with E-state index >= 15 is 0 Å². The second-order valence-corrected chi connectivity index (χ2v) is 10.0. The molecule has 1 aliphatic rings. The smallest absolute Gasteiger partial charge is 0.342 e. The maximum Gasteiger partial charge on any atom is 0.342 e. The highest BCUT2D eigenvalue weighted by Gasteiger charge is 2.23. The molecule has 4 rings (SSSR count). The number of amides is 1. The van der Waals surface area contributed by atoms with Gasteiger partial charge >= 0.3 is 5.97 Å². The van der Waals surface area contributed by atoms with E-state index in [9.17, 15) is 23.1 Å². The van der Waals surface area contributed by atoms with Crippen LogP contribution in [0.25, 0.3) is 0 Å². The van der Waals surface area contributed by atoms with Crippen LogP contribution >= 0.6 is 0 Å². The van der Waals surface area contributed by atoms with Crippen molar-refractivity contribution in [2.75, 3.05) is 6.61 Å². The number of fused-ring (bicyclic) bond motifs is 1. The Kier molecular flexibility index (Phi) is 7.48. The quantitative estimate of drug-likeness (QED) is 0.414. The SMILES string of the molecule is O=C(COC(=O)c1cc(S(=O)(=O)NCc2ccccc2)ccc1O)NC1CCCc2ccccc21. The molecule has 3 aromatic rings. The molecule has 1 unspecified atom stereocenters. The Balaban J connectivity index is 1.38. The molecule has 1 atom stereocenters. The Morgan fingerprint density at radius 2 is 1.74 bits per heavy atom. The van der Waals surface area contributed by atoms with Crippen molar-refractivity contribution < 1.29 is 27.9 Å². The van der Waals surface area contributed by atoms with Crippen LogP contribution in [0.3, 0.4) is 0 Å². The fraction of sp³-hybridized carbons (Fsp3) is 0.231. The number of ether oxygens (including phenoxy) is 1. The van der Waals surface area contributed by atoms with E-state index < -0.39 is 34.3 Å². The molecule has 1 aliphatic carbocycles. The molecule has 0 saturated heterocycles. The number of nitrogens with one attached hydrogen (secondary N) is 2. The van der Waals surface area contributed by atoms with Gasteiger partial charge in [0.15, 0.2) is 6.61 Å². The van der Waals surface area contributed by atoms with Crippen LogP contribution in [0.15, 0.2) is 77.7 Å². The number of aryl methyl sites for hydroxylation is 1. The molecule has 0 aromatic heterocycles. The molecule has 0 aliphatic heterocycles. The highest BCUT2D eigenvalue weighted by atomic mass is 32.2. The second kappa shape index (κ2) is 10.7. The molecule has 182 valence electrons. The van der Waals surface area contributed by atoms with E-state index in [1.54, 1.807) is 24.3 Å². The van der Waals surface area contributed by atoms with Crippen molar-refractivity contribution in [3.63, 3.8) is 0 Å². The van der Waals surface area contributed by atoms with Gasteiger partial charge in [-0.15, -0.1) is 0 Å². The molecule has 1 amide bonds. The minimum absolute atomic E-state index is 0.0638. The standard InChI is InChI=1S/C26H26N2O6S/c29-24-14-13-20(35(32,33)27-16-18-7-2-1-3-8-18)15-22(24)26(31)34-17-25(30)28-23-12-6-10-19-9-4-5-11-21(19)23/h1-5,7-9,11,13-15,23,27,29H,6,10,12,16-17H2,(H,28,30). The summed E-state index contributed by atoms with van der Waals surface area (Å²) in [5.74, 6) is -1.92. The number of aromatic hydroxyl groups is 1. The van der Waals surface area contributed by atoms with E-state index in [1.807, 2.05) is 30.3 Å². The predicted octanol–water partition coefficient (Wildman–Crippen LogP) is 3.22. The van der Waals surface area contributed by atoms with E-state index in [1.165, 1.54) is 11.6 Å². The van der Waals surface area contributed by atoms with Crippen LogP contribution in [0.1, 0.15) is 45.9 Å². The van der Waals surface area contributed by atoms with Crippen LogP contribution in [0.5, 0.6) is 5.75 Å². The van der Waals surface area contributed by atoms with E-state index in [-0.39, 0.29) is 23.0 Å². The number of phenolic OH excluding ortho intramolecular Hbond substituents is 1. The van der Waals surface area contributed by atoms with Gasteiger partial charge in [-0.05, 0) is 54.2 Å². The lowest BCUT2D eigenvalue weighted by Crippen LogP contribution is -2.34. The van der Waals surface area contributed by atoms with Crippen molar-refractivity contribution in [3.05, 3.63) is 95.1 Å². The molecular formula is C26H26N2O6S. The minimum atomic E-state index is -3.96. The van der Waals surface area contributed by atoms with Crippen LogP contribution in [-0.2, 0) is 32.5 Å². The summed E-state index contributed by atoms with van der Waals surface area (Å²) in [6, 6.07) is 20.0. The number of benzene rings is 3. The summed E-state index contributed by atoms with van der Waals surface area (Å²) >= 11 is 0. The third-order valence-corrected chi connectivity index (χ3v) is 7.25. The van der Waals surface area contributed by atoms with Gasteiger partial charge in [-0.3, -0.25) is 4.79 Å². The second-order valence-electron chi connectivity index (χ2n) is 8.28. The molecule has 3 aromatic carbocycles. The number of esters is 1. The van der Waals surface area contributed by atoms with Crippen molar-refractivity contribution in [3.8, 4) is 5.75 Å². The van der Waals surface area contributed by atoms with Gasteiger partial charge in [0.2, 0.25) is 10.0 Å². The fourth-order valence-corrected chi connectivity index (χ4v) is 5.10. The lowest BCUT2D eigenvalue weighted by Gasteiger charge is -2.26. The third-order valence-electron chi connectivity index (χ3n) is 5.85. The van der Waals surface area contributed by atoms with Crippen molar-refractivity contribution >= 4 is 21.9 Å². The molecule has 0 saturated carbocycles. The summed E-state index contributed by atoms with van der Waals surface area (Å²) in [7, 11) is -3.96. The number of carbonyl (C=O) groups is 2. The number of sulfonamides is 1. The summed E-state index contributed by atoms with van der Waals surface area (Å²) in [4.78, 5) is 24.8. The van der Waals surface area contributed by atoms with Crippen LogP contribution in [0, 0.1) is 0 Å². The Morgan fingerprint density at radius 3 is 2.54 bits per heavy atom. The number of phenols is 1. The van der Waals surface area contributed by atoms with E-state index in [4.69, 9.17) is 4.74 Å². The van der Waals surface area contributed by atoms with Crippen molar-refractivity contribution in [2.45, 2.75) is 36.7 Å². The third kappa shape index (κ3) is 6.06. The lowest BCUT2D eigenvalue weighted by molar-refractivity contribution is -0.125. The first-order valence-corrected chi connectivity index (χ1v) is 12.7. The molecule has 8 nitrogen and oxygen atoms in total. The van der Waals surface area contributed by atoms with Crippen molar-refractivity contribution in [2.24, 2.45) is 0 Å². The van der Waals surface area contributed by atoms with Crippen molar-refractivity contribution in [1.29, 1.82) is 0 Å². The number of carbonyl (C=O) groups excluding carboxylic acids is 2. The number of hydrogen-bond donors (Lipinski definition) is 3. The van der Waals surface area contributed by atoms with Gasteiger partial charge in [0.25, 0.3) is 5.91 Å². The average molecular weight is 495 g/mol. The molecular weight excluding hydrogens is 468 g/mol. The molecule has 9 heteroatoms. The molecule has 35 heavy (non-hydrogen) atoms. The summed E-state index contributed by atoms with van der Waals surface area (Å²) < 4.78 is 32.9. The number of rotatable bonds is 8. The van der Waals surface area contributed by atoms with Crippen LogP contribution in [0.2, 0.25) is 0 Å². The Labute approximate surface area is 204 Å². The first-order valence-electron chi connectivity index (χ1n) is 11.2. The molecule has 3 N–H and O–H groups in total. The highest BCUT2D eigenvalue weighted by Crippen LogP contribution is 2.29. The van der Waals surface area contributed by atoms with Crippen LogP contribution in [-0.4, -0.2) is 32.0 Å². The van der Waals surface area contributed by atoms with E-state index in [2.05, 4.69) is 10.0 Å². The minimum Gasteiger partial charge on any atom is -0.507 e. The van der Waals surface area contributed by atoms with E-state index in [0.717, 1.165) is 42.5 Å². The summed E-state index contributed by atoms with van der Waals surface area (Å²) in [6.07, 6.45) is 2.68. The molecule has 0 spiro atoms. The van der Waals surface area contributed by atoms with Crippen LogP contribution in [0.4, 0.5) is 0 Å². The van der Waals surface area contributed by atoms with Gasteiger partial charge < -0.3 is 15.2 Å². The predicted molar refractivity (Wildman–Crippen MR) is 129 cm³/mol. The van der Waals surface area contributed by atoms with Gasteiger partial charge in [0, 0.05) is 6.54 Å². The zero-order chi connectivity index (χ0) is 24.8. The first-order chi connectivity index (χ1) is 16.8. The summed E-state index contributed by atoms with van der Waals surface area (Å²) in [5.41, 5.74) is 2.66. The normalized spacial score (nSPS) is 15.1. The zero-order valence-electron chi connectivity index (χ0n) is 18.9. The van der Waals surface area contributed by atoms with Gasteiger partial charge in [-0.2, -0.15) is 0 Å². The largest absolute Gasteiger partial charge is 0.507 e. The van der Waals surface area contributed by atoms with Crippen molar-refractivity contribution in [1.82, 2.24) is 10.0 Å². The highest BCUT2D eigenvalue weighted by molar-refractivity contribution is 7.89. The average Bonchev–Trinajstić information content (AvgIpc) is 2.87. The number of hydrogen-bond acceptors (Lipinski definition) is 6. The molecule has 0 radical (unpaired) electrons. The first kappa shape index (κ1) is 24.4. The van der Waals surface area contributed by atoms with Gasteiger partial charge in [0.1, 0.15) is 11.3 Å². The Hall–Kier alpha value is -3.69. The summed E-state index contributed by atoms with van der Waals surface area (Å²) in [6.45, 7) is -0.492. The maximum atomic E-state index is 12.7. The Bertz CT molecular complexity index is 1320. The Morgan fingerprint density at radius 1 is 1.00 bits per heavy atom. The molecule has 0 fully saturated rings. The monoisotopic (exact) mass is 494 g/mol. The fourth-order valence-electron chi connectivity index (χ4n) is 4.05. The van der Waals surface area contributed by atoms with Gasteiger partial charge in [-0.25, -0.2) is 17.9 Å². The van der Waals surface area contributed by atoms with Gasteiger partial charge in [-0.1, -0.05) is 54.6 Å². The van der Waals surface area contributed by atoms with E-state index in [0.29, 0.717) is 0 Å². The molecule has 0 bridgehead atoms. The maximum absolute atomic E-state index is 12.7. The lowest BCUT2D eigenvalue weighted by atomic mass is 9.88. The van der Waals surface area contributed by atoms with Crippen LogP contribution < -0.4 is 10.0 Å². The zero-order valence-corrected chi connectivity index (χ0v) is 19.8. The van der Waals surface area contributed by atoms with Gasteiger partial charge in [0.05, 0.1) is 10.9 Å². The molecule has 0 heterocycles. The summed E-state index contributed by atoms with van der Waals surface area (Å²) in [5, 5.41) is 13.0. The topological polar surface area (TPSA) is 122 Å².